The molecule has 1 N–H and O–H groups in total. The van der Waals surface area contributed by atoms with Crippen LogP contribution < -0.4 is 4.74 Å². The van der Waals surface area contributed by atoms with Crippen molar-refractivity contribution in [3.63, 3.8) is 0 Å². The van der Waals surface area contributed by atoms with Crippen molar-refractivity contribution in [3.8, 4) is 5.75 Å². The summed E-state index contributed by atoms with van der Waals surface area (Å²) >= 11 is 0. The number of carbonyl (C=O) groups is 2. The summed E-state index contributed by atoms with van der Waals surface area (Å²) in [6.07, 6.45) is 3.78. The lowest BCUT2D eigenvalue weighted by Crippen LogP contribution is -2.37. The summed E-state index contributed by atoms with van der Waals surface area (Å²) in [5.74, 6) is 0.101. The monoisotopic (exact) mass is 432 g/mol. The van der Waals surface area contributed by atoms with Crippen LogP contribution in [0.1, 0.15) is 48.3 Å². The van der Waals surface area contributed by atoms with Gasteiger partial charge in [0, 0.05) is 28.7 Å². The fraction of sp³-hybridized carbons (Fsp3) is 0.308. The Morgan fingerprint density at radius 3 is 2.53 bits per heavy atom. The predicted molar refractivity (Wildman–Crippen MR) is 124 cm³/mol. The summed E-state index contributed by atoms with van der Waals surface area (Å²) in [5, 5.41) is 1.06. The van der Waals surface area contributed by atoms with Crippen molar-refractivity contribution < 1.29 is 19.1 Å². The van der Waals surface area contributed by atoms with Crippen molar-refractivity contribution >= 4 is 28.4 Å². The molecule has 1 unspecified atom stereocenters. The largest absolute Gasteiger partial charge is 0.497 e. The number of rotatable bonds is 6. The maximum atomic E-state index is 13.5. The maximum Gasteiger partial charge on any atom is 0.341 e. The van der Waals surface area contributed by atoms with Crippen LogP contribution in [0.3, 0.4) is 0 Å². The molecular weight excluding hydrogens is 404 g/mol. The number of aromatic nitrogens is 1. The van der Waals surface area contributed by atoms with Crippen molar-refractivity contribution in [1.29, 1.82) is 0 Å². The van der Waals surface area contributed by atoms with E-state index in [-0.39, 0.29) is 11.9 Å². The molecular formula is C26H28N2O4. The molecule has 1 aliphatic rings. The number of aromatic amines is 1. The molecule has 2 aromatic carbocycles. The standard InChI is InChI=1S/C26H28N2O4/c1-4-14-32-26(30)22-16-28(25(29)17-10-12-19(31-3)13-11-17)18(5-2)15-21-20-8-6-7-9-23(20)27-24(21)22/h6-13,16,18,27H,4-5,14-15H2,1-3H3. The van der Waals surface area contributed by atoms with Crippen LogP contribution in [0.25, 0.3) is 16.5 Å². The van der Waals surface area contributed by atoms with Crippen LogP contribution in [0.4, 0.5) is 0 Å². The van der Waals surface area contributed by atoms with Crippen molar-refractivity contribution in [3.05, 3.63) is 71.6 Å². The zero-order valence-corrected chi connectivity index (χ0v) is 18.7. The van der Waals surface area contributed by atoms with Crippen molar-refractivity contribution in [2.45, 2.75) is 39.2 Å². The molecule has 6 nitrogen and oxygen atoms in total. The van der Waals surface area contributed by atoms with Crippen molar-refractivity contribution in [2.75, 3.05) is 13.7 Å². The first-order valence-electron chi connectivity index (χ1n) is 11.0. The van der Waals surface area contributed by atoms with Crippen LogP contribution in [0.2, 0.25) is 0 Å². The summed E-state index contributed by atoms with van der Waals surface area (Å²) in [7, 11) is 1.59. The van der Waals surface area contributed by atoms with Crippen molar-refractivity contribution in [1.82, 2.24) is 9.88 Å². The van der Waals surface area contributed by atoms with Gasteiger partial charge in [0.25, 0.3) is 5.91 Å². The lowest BCUT2D eigenvalue weighted by molar-refractivity contribution is -0.136. The van der Waals surface area contributed by atoms with Gasteiger partial charge in [-0.05, 0) is 55.2 Å². The van der Waals surface area contributed by atoms with Crippen LogP contribution >= 0.6 is 0 Å². The molecule has 0 saturated carbocycles. The number of esters is 1. The molecule has 0 radical (unpaired) electrons. The number of nitrogens with zero attached hydrogens (tertiary/aromatic N) is 1. The molecule has 0 saturated heterocycles. The smallest absolute Gasteiger partial charge is 0.341 e. The van der Waals surface area contributed by atoms with Crippen molar-refractivity contribution in [2.24, 2.45) is 0 Å². The van der Waals surface area contributed by atoms with Gasteiger partial charge in [-0.25, -0.2) is 4.79 Å². The second-order valence-electron chi connectivity index (χ2n) is 7.91. The van der Waals surface area contributed by atoms with Crippen LogP contribution in [0.15, 0.2) is 54.7 Å². The first-order chi connectivity index (χ1) is 15.6. The minimum atomic E-state index is -0.427. The van der Waals surface area contributed by atoms with E-state index in [0.717, 1.165) is 35.0 Å². The number of ether oxygens (including phenoxy) is 2. The predicted octanol–water partition coefficient (Wildman–Crippen LogP) is 4.95. The average molecular weight is 433 g/mol. The van der Waals surface area contributed by atoms with Crippen LogP contribution in [-0.2, 0) is 16.0 Å². The number of carbonyl (C=O) groups excluding carboxylic acids is 2. The van der Waals surface area contributed by atoms with E-state index in [4.69, 9.17) is 9.47 Å². The fourth-order valence-electron chi connectivity index (χ4n) is 4.16. The van der Waals surface area contributed by atoms with Gasteiger partial charge in [0.05, 0.1) is 25.0 Å². The Morgan fingerprint density at radius 2 is 1.84 bits per heavy atom. The number of hydrogen-bond donors (Lipinski definition) is 1. The van der Waals surface area contributed by atoms with E-state index < -0.39 is 5.97 Å². The molecule has 0 aliphatic carbocycles. The summed E-state index contributed by atoms with van der Waals surface area (Å²) in [6, 6.07) is 14.9. The highest BCUT2D eigenvalue weighted by atomic mass is 16.5. The second-order valence-corrected chi connectivity index (χ2v) is 7.91. The van der Waals surface area contributed by atoms with Gasteiger partial charge in [-0.1, -0.05) is 32.0 Å². The van der Waals surface area contributed by atoms with Gasteiger partial charge >= 0.3 is 5.97 Å². The molecule has 0 bridgehead atoms. The third-order valence-electron chi connectivity index (χ3n) is 5.88. The number of H-pyrrole nitrogens is 1. The van der Waals surface area contributed by atoms with Crippen LogP contribution in [0, 0.1) is 0 Å². The highest BCUT2D eigenvalue weighted by Gasteiger charge is 2.32. The van der Waals surface area contributed by atoms with Gasteiger partial charge in [0.2, 0.25) is 0 Å². The molecule has 166 valence electrons. The van der Waals surface area contributed by atoms with Gasteiger partial charge < -0.3 is 19.4 Å². The number of nitrogens with one attached hydrogen (secondary N) is 1. The SMILES string of the molecule is CCCOC(=O)C1=CN(C(=O)c2ccc(OC)cc2)C(CC)Cc2c1[nH]c1ccccc21. The topological polar surface area (TPSA) is 71.6 Å². The van der Waals surface area contributed by atoms with Gasteiger partial charge in [-0.3, -0.25) is 4.79 Å². The number of fused-ring (bicyclic) bond motifs is 3. The zero-order valence-electron chi connectivity index (χ0n) is 18.7. The number of benzene rings is 2. The lowest BCUT2D eigenvalue weighted by atomic mass is 9.99. The second kappa shape index (κ2) is 9.30. The number of amides is 1. The third-order valence-corrected chi connectivity index (χ3v) is 5.88. The third kappa shape index (κ3) is 4.00. The molecule has 6 heteroatoms. The van der Waals surface area contributed by atoms with Gasteiger partial charge in [-0.15, -0.1) is 0 Å². The molecule has 0 spiro atoms. The Morgan fingerprint density at radius 1 is 1.09 bits per heavy atom. The molecule has 3 aromatic rings. The summed E-state index contributed by atoms with van der Waals surface area (Å²) in [6.45, 7) is 4.34. The van der Waals surface area contributed by atoms with E-state index in [1.54, 1.807) is 42.5 Å². The fourth-order valence-corrected chi connectivity index (χ4v) is 4.16. The Balaban J connectivity index is 1.82. The zero-order chi connectivity index (χ0) is 22.7. The van der Waals surface area contributed by atoms with E-state index in [1.807, 2.05) is 31.2 Å². The highest BCUT2D eigenvalue weighted by Crippen LogP contribution is 2.34. The summed E-state index contributed by atoms with van der Waals surface area (Å²) in [5.41, 5.74) is 3.66. The molecule has 0 fully saturated rings. The lowest BCUT2D eigenvalue weighted by Gasteiger charge is -2.27. The molecule has 32 heavy (non-hydrogen) atoms. The minimum Gasteiger partial charge on any atom is -0.497 e. The van der Waals surface area contributed by atoms with Crippen LogP contribution in [-0.4, -0.2) is 41.5 Å². The Kier molecular flexibility index (Phi) is 6.30. The van der Waals surface area contributed by atoms with E-state index in [1.165, 1.54) is 0 Å². The van der Waals surface area contributed by atoms with E-state index in [2.05, 4.69) is 11.9 Å². The first kappa shape index (κ1) is 21.7. The normalized spacial score (nSPS) is 15.7. The summed E-state index contributed by atoms with van der Waals surface area (Å²) < 4.78 is 10.7. The molecule has 1 aromatic heterocycles. The van der Waals surface area contributed by atoms with E-state index >= 15 is 0 Å². The van der Waals surface area contributed by atoms with Gasteiger partial charge in [0.1, 0.15) is 5.75 Å². The Hall–Kier alpha value is -3.54. The number of methoxy groups -OCH3 is 1. The quantitative estimate of drug-likeness (QED) is 0.560. The molecule has 1 atom stereocenters. The van der Waals surface area contributed by atoms with Gasteiger partial charge in [-0.2, -0.15) is 0 Å². The molecule has 1 aliphatic heterocycles. The molecule has 2 heterocycles. The molecule has 1 amide bonds. The molecule has 4 rings (SSSR count). The van der Waals surface area contributed by atoms with Gasteiger partial charge in [0.15, 0.2) is 0 Å². The number of hydrogen-bond acceptors (Lipinski definition) is 4. The maximum absolute atomic E-state index is 13.5. The Labute approximate surface area is 187 Å². The van der Waals surface area contributed by atoms with E-state index in [0.29, 0.717) is 29.9 Å². The summed E-state index contributed by atoms with van der Waals surface area (Å²) in [4.78, 5) is 31.7. The first-order valence-corrected chi connectivity index (χ1v) is 11.0. The average Bonchev–Trinajstić information content (AvgIpc) is 3.10. The number of para-hydroxylation sites is 1. The Bertz CT molecular complexity index is 1160. The van der Waals surface area contributed by atoms with Crippen LogP contribution in [0.5, 0.6) is 5.75 Å². The highest BCUT2D eigenvalue weighted by molar-refractivity contribution is 6.18. The van der Waals surface area contributed by atoms with E-state index in [9.17, 15) is 9.59 Å². The minimum absolute atomic E-state index is 0.0981.